The maximum Gasteiger partial charge on any atom is 0.416 e. The Kier molecular flexibility index (Phi) is 8.61. The first kappa shape index (κ1) is 29.5. The van der Waals surface area contributed by atoms with Crippen molar-refractivity contribution in [1.82, 2.24) is 15.5 Å². The van der Waals surface area contributed by atoms with Gasteiger partial charge in [0.15, 0.2) is 0 Å². The topological polar surface area (TPSA) is 93.2 Å². The van der Waals surface area contributed by atoms with E-state index >= 15 is 0 Å². The zero-order chi connectivity index (χ0) is 29.8. The van der Waals surface area contributed by atoms with Crippen LogP contribution in [0.1, 0.15) is 27.0 Å². The van der Waals surface area contributed by atoms with Crippen molar-refractivity contribution in [1.29, 1.82) is 0 Å². The number of carbonyl (C=O) groups excluding carboxylic acids is 2. The zero-order valence-corrected chi connectivity index (χ0v) is 21.8. The normalized spacial score (nSPS) is 12.5. The molecule has 0 fully saturated rings. The number of benzene rings is 3. The Labute approximate surface area is 233 Å². The molecule has 0 aliphatic heterocycles. The molecular weight excluding hydrogens is 574 g/mol. The van der Waals surface area contributed by atoms with Crippen LogP contribution in [0.2, 0.25) is 0 Å². The minimum Gasteiger partial charge on any atom is -0.497 e. The van der Waals surface area contributed by atoms with E-state index < -0.39 is 46.9 Å². The molecular formula is C27H20F6N4O3S. The molecule has 1 heterocycles. The van der Waals surface area contributed by atoms with Gasteiger partial charge >= 0.3 is 12.4 Å². The second-order valence-electron chi connectivity index (χ2n) is 8.64. The van der Waals surface area contributed by atoms with Gasteiger partial charge in [0.25, 0.3) is 5.91 Å². The van der Waals surface area contributed by atoms with E-state index in [0.29, 0.717) is 34.0 Å². The molecule has 2 N–H and O–H groups in total. The average Bonchev–Trinajstić information content (AvgIpc) is 3.40. The molecule has 3 aromatic carbocycles. The Hall–Kier alpha value is -4.46. The molecule has 0 saturated carbocycles. The van der Waals surface area contributed by atoms with E-state index in [0.717, 1.165) is 11.3 Å². The van der Waals surface area contributed by atoms with Crippen molar-refractivity contribution >= 4 is 28.3 Å². The molecule has 14 heteroatoms. The van der Waals surface area contributed by atoms with Gasteiger partial charge in [0.05, 0.1) is 18.2 Å². The SMILES string of the molecule is COc1cccc(-c2nnc(NC(=O)[C@H](Cc3ccccc3)NC(=O)c3cc(C(F)(F)F)cc(C(F)(F)F)c3)s2)c1. The molecule has 1 atom stereocenters. The van der Waals surface area contributed by atoms with E-state index in [9.17, 15) is 35.9 Å². The maximum absolute atomic E-state index is 13.3. The molecule has 0 unspecified atom stereocenters. The lowest BCUT2D eigenvalue weighted by molar-refractivity contribution is -0.143. The number of hydrogen-bond acceptors (Lipinski definition) is 6. The fourth-order valence-electron chi connectivity index (χ4n) is 3.73. The van der Waals surface area contributed by atoms with E-state index in [2.05, 4.69) is 20.8 Å². The summed E-state index contributed by atoms with van der Waals surface area (Å²) in [6.07, 6.45) is -10.4. The van der Waals surface area contributed by atoms with Gasteiger partial charge < -0.3 is 10.1 Å². The van der Waals surface area contributed by atoms with E-state index in [1.165, 1.54) is 7.11 Å². The highest BCUT2D eigenvalue weighted by molar-refractivity contribution is 7.18. The number of ether oxygens (including phenoxy) is 1. The monoisotopic (exact) mass is 594 g/mol. The number of anilines is 1. The first-order chi connectivity index (χ1) is 19.3. The molecule has 4 aromatic rings. The molecule has 0 saturated heterocycles. The van der Waals surface area contributed by atoms with Gasteiger partial charge in [-0.15, -0.1) is 10.2 Å². The highest BCUT2D eigenvalue weighted by Crippen LogP contribution is 2.36. The van der Waals surface area contributed by atoms with E-state index in [4.69, 9.17) is 4.74 Å². The summed E-state index contributed by atoms with van der Waals surface area (Å²) < 4.78 is 85.0. The number of alkyl halides is 6. The molecule has 0 aliphatic rings. The summed E-state index contributed by atoms with van der Waals surface area (Å²) in [6.45, 7) is 0. The van der Waals surface area contributed by atoms with Crippen LogP contribution in [0.5, 0.6) is 5.75 Å². The zero-order valence-electron chi connectivity index (χ0n) is 21.0. The second-order valence-corrected chi connectivity index (χ2v) is 9.62. The summed E-state index contributed by atoms with van der Waals surface area (Å²) in [7, 11) is 1.50. The quantitative estimate of drug-likeness (QED) is 0.236. The predicted octanol–water partition coefficient (Wildman–Crippen LogP) is 6.23. The summed E-state index contributed by atoms with van der Waals surface area (Å²) in [5.74, 6) is -1.54. The Balaban J connectivity index is 1.60. The highest BCUT2D eigenvalue weighted by Gasteiger charge is 2.38. The number of halogens is 6. The Morgan fingerprint density at radius 1 is 0.878 bits per heavy atom. The van der Waals surface area contributed by atoms with Crippen molar-refractivity contribution in [3.63, 3.8) is 0 Å². The van der Waals surface area contributed by atoms with Gasteiger partial charge in [-0.3, -0.25) is 14.9 Å². The van der Waals surface area contributed by atoms with Gasteiger partial charge in [-0.25, -0.2) is 0 Å². The first-order valence-corrected chi connectivity index (χ1v) is 12.6. The van der Waals surface area contributed by atoms with Crippen molar-refractivity contribution in [3.05, 3.63) is 95.1 Å². The first-order valence-electron chi connectivity index (χ1n) is 11.8. The number of nitrogens with zero attached hydrogens (tertiary/aromatic N) is 2. The summed E-state index contributed by atoms with van der Waals surface area (Å²) >= 11 is 1.01. The predicted molar refractivity (Wildman–Crippen MR) is 138 cm³/mol. The number of hydrogen-bond donors (Lipinski definition) is 2. The van der Waals surface area contributed by atoms with Gasteiger partial charge in [-0.2, -0.15) is 26.3 Å². The lowest BCUT2D eigenvalue weighted by Crippen LogP contribution is -2.45. The van der Waals surface area contributed by atoms with Crippen molar-refractivity contribution in [3.8, 4) is 16.3 Å². The smallest absolute Gasteiger partial charge is 0.416 e. The molecule has 0 radical (unpaired) electrons. The molecule has 1 aromatic heterocycles. The van der Waals surface area contributed by atoms with Gasteiger partial charge in [-0.05, 0) is 35.9 Å². The van der Waals surface area contributed by atoms with Crippen LogP contribution in [0.3, 0.4) is 0 Å². The number of aromatic nitrogens is 2. The van der Waals surface area contributed by atoms with Crippen molar-refractivity contribution < 1.29 is 40.7 Å². The number of carbonyl (C=O) groups is 2. The summed E-state index contributed by atoms with van der Waals surface area (Å²) in [4.78, 5) is 26.2. The largest absolute Gasteiger partial charge is 0.497 e. The third kappa shape index (κ3) is 7.60. The number of methoxy groups -OCH3 is 1. The standard InChI is InChI=1S/C27H20F6N4O3S/c1-40-20-9-5-8-16(13-20)24-36-37-25(41-24)35-23(39)21(10-15-6-3-2-4-7-15)34-22(38)17-11-18(26(28,29)30)14-19(12-17)27(31,32)33/h2-9,11-14,21H,10H2,1H3,(H,34,38)(H,35,37,39)/t21-/m0/s1. The molecule has 41 heavy (non-hydrogen) atoms. The highest BCUT2D eigenvalue weighted by atomic mass is 32.1. The Morgan fingerprint density at radius 3 is 2.15 bits per heavy atom. The van der Waals surface area contributed by atoms with Gasteiger partial charge in [0, 0.05) is 17.5 Å². The van der Waals surface area contributed by atoms with Gasteiger partial charge in [0.2, 0.25) is 11.0 Å². The van der Waals surface area contributed by atoms with Crippen LogP contribution in [0, 0.1) is 0 Å². The summed E-state index contributed by atoms with van der Waals surface area (Å²) in [5.41, 5.74) is -2.99. The summed E-state index contributed by atoms with van der Waals surface area (Å²) in [6, 6.07) is 14.4. The van der Waals surface area contributed by atoms with Gasteiger partial charge in [-0.1, -0.05) is 53.8 Å². The molecule has 0 aliphatic carbocycles. The fourth-order valence-corrected chi connectivity index (χ4v) is 4.47. The van der Waals surface area contributed by atoms with Crippen LogP contribution < -0.4 is 15.4 Å². The Bertz CT molecular complexity index is 1510. The van der Waals surface area contributed by atoms with E-state index in [1.807, 2.05) is 0 Å². The second kappa shape index (κ2) is 12.0. The third-order valence-corrected chi connectivity index (χ3v) is 6.61. The molecule has 0 bridgehead atoms. The molecule has 214 valence electrons. The van der Waals surface area contributed by atoms with Crippen molar-refractivity contribution in [2.45, 2.75) is 24.8 Å². The number of nitrogens with one attached hydrogen (secondary N) is 2. The maximum atomic E-state index is 13.3. The van der Waals surface area contributed by atoms with E-state index in [1.54, 1.807) is 54.6 Å². The van der Waals surface area contributed by atoms with Crippen LogP contribution >= 0.6 is 11.3 Å². The molecule has 0 spiro atoms. The van der Waals surface area contributed by atoms with Crippen LogP contribution in [-0.4, -0.2) is 35.2 Å². The molecule has 2 amide bonds. The number of rotatable bonds is 8. The minimum absolute atomic E-state index is 0.0542. The van der Waals surface area contributed by atoms with Crippen LogP contribution in [0.25, 0.3) is 10.6 Å². The lowest BCUT2D eigenvalue weighted by atomic mass is 10.0. The van der Waals surface area contributed by atoms with Crippen molar-refractivity contribution in [2.75, 3.05) is 12.4 Å². The third-order valence-electron chi connectivity index (χ3n) is 5.73. The summed E-state index contributed by atoms with van der Waals surface area (Å²) in [5, 5.41) is 13.2. The molecule has 7 nitrogen and oxygen atoms in total. The Morgan fingerprint density at radius 2 is 1.54 bits per heavy atom. The average molecular weight is 595 g/mol. The van der Waals surface area contributed by atoms with Crippen LogP contribution in [-0.2, 0) is 23.6 Å². The molecule has 4 rings (SSSR count). The van der Waals surface area contributed by atoms with Gasteiger partial charge in [0.1, 0.15) is 16.8 Å². The lowest BCUT2D eigenvalue weighted by Gasteiger charge is -2.19. The number of amides is 2. The van der Waals surface area contributed by atoms with Crippen LogP contribution in [0.15, 0.2) is 72.8 Å². The van der Waals surface area contributed by atoms with Crippen LogP contribution in [0.4, 0.5) is 31.5 Å². The minimum atomic E-state index is -5.14. The van der Waals surface area contributed by atoms with E-state index in [-0.39, 0.29) is 17.6 Å². The fraction of sp³-hybridized carbons (Fsp3) is 0.185. The van der Waals surface area contributed by atoms with Crippen molar-refractivity contribution in [2.24, 2.45) is 0 Å².